The number of aryl methyl sites for hydroxylation is 2. The van der Waals surface area contributed by atoms with Crippen molar-refractivity contribution in [1.82, 2.24) is 9.78 Å². The number of nitrogens with two attached hydrogens (primary N) is 1. The van der Waals surface area contributed by atoms with Crippen LogP contribution < -0.4 is 11.1 Å². The van der Waals surface area contributed by atoms with Gasteiger partial charge in [0.15, 0.2) is 0 Å². The second kappa shape index (κ2) is 3.43. The van der Waals surface area contributed by atoms with Gasteiger partial charge in [-0.2, -0.15) is 5.10 Å². The van der Waals surface area contributed by atoms with E-state index in [2.05, 4.69) is 24.3 Å². The average Bonchev–Trinajstić information content (AvgIpc) is 2.42. The molecule has 1 fully saturated rings. The van der Waals surface area contributed by atoms with Crippen molar-refractivity contribution in [3.63, 3.8) is 0 Å². The second-order valence-electron chi connectivity index (χ2n) is 4.73. The van der Waals surface area contributed by atoms with E-state index < -0.39 is 0 Å². The molecule has 0 radical (unpaired) electrons. The Labute approximate surface area is 90.8 Å². The molecule has 2 rings (SSSR count). The molecule has 0 unspecified atom stereocenters. The second-order valence-corrected chi connectivity index (χ2v) is 4.73. The molecule has 1 aliphatic rings. The Bertz CT molecular complexity index is 363. The summed E-state index contributed by atoms with van der Waals surface area (Å²) < 4.78 is 1.86. The molecule has 1 aliphatic carbocycles. The number of aromatic nitrogens is 2. The van der Waals surface area contributed by atoms with Gasteiger partial charge in [-0.3, -0.25) is 4.68 Å². The molecule has 0 spiro atoms. The zero-order chi connectivity index (χ0) is 11.1. The van der Waals surface area contributed by atoms with E-state index in [1.165, 1.54) is 19.3 Å². The molecule has 0 saturated heterocycles. The summed E-state index contributed by atoms with van der Waals surface area (Å²) in [5.41, 5.74) is 8.09. The van der Waals surface area contributed by atoms with E-state index in [-0.39, 0.29) is 5.54 Å². The number of nitrogens with zero attached hydrogens (tertiary/aromatic N) is 2. The maximum Gasteiger partial charge on any atom is 0.148 e. The van der Waals surface area contributed by atoms with Crippen molar-refractivity contribution in [2.24, 2.45) is 7.05 Å². The third-order valence-corrected chi connectivity index (χ3v) is 3.37. The lowest BCUT2D eigenvalue weighted by molar-refractivity contribution is 0.304. The highest BCUT2D eigenvalue weighted by Crippen LogP contribution is 2.36. The van der Waals surface area contributed by atoms with Gasteiger partial charge >= 0.3 is 0 Å². The summed E-state index contributed by atoms with van der Waals surface area (Å²) in [5, 5.41) is 7.92. The van der Waals surface area contributed by atoms with E-state index in [4.69, 9.17) is 5.73 Å². The van der Waals surface area contributed by atoms with Crippen LogP contribution in [0.15, 0.2) is 0 Å². The van der Waals surface area contributed by atoms with E-state index in [1.54, 1.807) is 0 Å². The summed E-state index contributed by atoms with van der Waals surface area (Å²) in [6.07, 6.45) is 4.64. The number of anilines is 2. The van der Waals surface area contributed by atoms with Gasteiger partial charge in [0, 0.05) is 12.6 Å². The van der Waals surface area contributed by atoms with Crippen LogP contribution in [0.3, 0.4) is 0 Å². The van der Waals surface area contributed by atoms with Crippen LogP contribution in [0.2, 0.25) is 0 Å². The van der Waals surface area contributed by atoms with Gasteiger partial charge in [0.05, 0.1) is 11.4 Å². The van der Waals surface area contributed by atoms with Gasteiger partial charge < -0.3 is 11.1 Å². The van der Waals surface area contributed by atoms with Crippen molar-refractivity contribution in [2.75, 3.05) is 11.1 Å². The summed E-state index contributed by atoms with van der Waals surface area (Å²) in [4.78, 5) is 0. The SMILES string of the molecule is CCc1nn(C)c(NC2(C)CCC2)c1N. The zero-order valence-electron chi connectivity index (χ0n) is 9.80. The first-order valence-electron chi connectivity index (χ1n) is 5.65. The summed E-state index contributed by atoms with van der Waals surface area (Å²) >= 11 is 0. The highest BCUT2D eigenvalue weighted by Gasteiger charge is 2.33. The summed E-state index contributed by atoms with van der Waals surface area (Å²) in [7, 11) is 1.94. The molecule has 0 atom stereocenters. The molecule has 1 aromatic heterocycles. The van der Waals surface area contributed by atoms with E-state index in [1.807, 2.05) is 11.7 Å². The molecule has 1 saturated carbocycles. The topological polar surface area (TPSA) is 55.9 Å². The average molecular weight is 208 g/mol. The van der Waals surface area contributed by atoms with Crippen LogP contribution in [0.5, 0.6) is 0 Å². The fourth-order valence-electron chi connectivity index (χ4n) is 2.12. The third kappa shape index (κ3) is 1.68. The van der Waals surface area contributed by atoms with Gasteiger partial charge in [0.2, 0.25) is 0 Å². The van der Waals surface area contributed by atoms with E-state index in [9.17, 15) is 0 Å². The highest BCUT2D eigenvalue weighted by molar-refractivity contribution is 5.66. The molecule has 1 aromatic rings. The minimum atomic E-state index is 0.229. The number of hydrogen-bond donors (Lipinski definition) is 2. The fraction of sp³-hybridized carbons (Fsp3) is 0.727. The van der Waals surface area contributed by atoms with E-state index in [0.29, 0.717) is 0 Å². The van der Waals surface area contributed by atoms with Gasteiger partial charge in [-0.15, -0.1) is 0 Å². The lowest BCUT2D eigenvalue weighted by atomic mass is 9.78. The monoisotopic (exact) mass is 208 g/mol. The van der Waals surface area contributed by atoms with Crippen molar-refractivity contribution in [3.05, 3.63) is 5.69 Å². The Morgan fingerprint density at radius 1 is 1.53 bits per heavy atom. The van der Waals surface area contributed by atoms with Crippen molar-refractivity contribution < 1.29 is 0 Å². The van der Waals surface area contributed by atoms with Gasteiger partial charge in [-0.25, -0.2) is 0 Å². The molecule has 84 valence electrons. The predicted molar refractivity (Wildman–Crippen MR) is 62.9 cm³/mol. The molecule has 3 N–H and O–H groups in total. The maximum absolute atomic E-state index is 6.05. The number of hydrogen-bond acceptors (Lipinski definition) is 3. The molecule has 4 nitrogen and oxygen atoms in total. The van der Waals surface area contributed by atoms with Crippen molar-refractivity contribution in [1.29, 1.82) is 0 Å². The van der Waals surface area contributed by atoms with Crippen LogP contribution in [0.1, 0.15) is 38.8 Å². The zero-order valence-corrected chi connectivity index (χ0v) is 9.80. The molecule has 0 aromatic carbocycles. The molecular weight excluding hydrogens is 188 g/mol. The molecule has 15 heavy (non-hydrogen) atoms. The third-order valence-electron chi connectivity index (χ3n) is 3.37. The summed E-state index contributed by atoms with van der Waals surface area (Å²) in [5.74, 6) is 0.981. The quantitative estimate of drug-likeness (QED) is 0.798. The Balaban J connectivity index is 2.23. The van der Waals surface area contributed by atoms with Crippen LogP contribution in [0.4, 0.5) is 11.5 Å². The lowest BCUT2D eigenvalue weighted by Gasteiger charge is -2.40. The van der Waals surface area contributed by atoms with Gasteiger partial charge in [-0.1, -0.05) is 6.92 Å². The van der Waals surface area contributed by atoms with Crippen LogP contribution in [0.25, 0.3) is 0 Å². The van der Waals surface area contributed by atoms with Crippen molar-refractivity contribution in [3.8, 4) is 0 Å². The molecular formula is C11H20N4. The first-order valence-corrected chi connectivity index (χ1v) is 5.65. The highest BCUT2D eigenvalue weighted by atomic mass is 15.3. The minimum Gasteiger partial charge on any atom is -0.394 e. The largest absolute Gasteiger partial charge is 0.394 e. The smallest absolute Gasteiger partial charge is 0.148 e. The normalized spacial score (nSPS) is 18.6. The van der Waals surface area contributed by atoms with Crippen LogP contribution in [0, 0.1) is 0 Å². The lowest BCUT2D eigenvalue weighted by Crippen LogP contribution is -2.42. The molecule has 1 heterocycles. The first kappa shape index (κ1) is 10.3. The van der Waals surface area contributed by atoms with Crippen molar-refractivity contribution >= 4 is 11.5 Å². The summed E-state index contributed by atoms with van der Waals surface area (Å²) in [6.45, 7) is 4.32. The van der Waals surface area contributed by atoms with E-state index >= 15 is 0 Å². The number of nitrogens with one attached hydrogen (secondary N) is 1. The maximum atomic E-state index is 6.05. The number of nitrogen functional groups attached to an aromatic ring is 1. The fourth-order valence-corrected chi connectivity index (χ4v) is 2.12. The molecule has 0 aliphatic heterocycles. The molecule has 0 amide bonds. The van der Waals surface area contributed by atoms with Crippen LogP contribution in [-0.4, -0.2) is 15.3 Å². The predicted octanol–water partition coefficient (Wildman–Crippen LogP) is 1.92. The molecule has 4 heteroatoms. The van der Waals surface area contributed by atoms with Gasteiger partial charge in [0.1, 0.15) is 5.82 Å². The Morgan fingerprint density at radius 3 is 2.60 bits per heavy atom. The van der Waals surface area contributed by atoms with Crippen LogP contribution in [-0.2, 0) is 13.5 Å². The Morgan fingerprint density at radius 2 is 2.20 bits per heavy atom. The van der Waals surface area contributed by atoms with E-state index in [0.717, 1.165) is 23.6 Å². The van der Waals surface area contributed by atoms with Gasteiger partial charge in [-0.05, 0) is 32.6 Å². The van der Waals surface area contributed by atoms with Crippen molar-refractivity contribution in [2.45, 2.75) is 45.1 Å². The number of rotatable bonds is 3. The molecule has 0 bridgehead atoms. The Kier molecular flexibility index (Phi) is 2.37. The van der Waals surface area contributed by atoms with Gasteiger partial charge in [0.25, 0.3) is 0 Å². The van der Waals surface area contributed by atoms with Crippen LogP contribution >= 0.6 is 0 Å². The Hall–Kier alpha value is -1.19. The summed E-state index contributed by atoms with van der Waals surface area (Å²) in [6, 6.07) is 0. The standard InChI is InChI=1S/C11H20N4/c1-4-8-9(12)10(15(3)14-8)13-11(2)6-5-7-11/h13H,4-7,12H2,1-3H3. The minimum absolute atomic E-state index is 0.229. The first-order chi connectivity index (χ1) is 7.06.